The molecule has 0 bridgehead atoms. The summed E-state index contributed by atoms with van der Waals surface area (Å²) in [6.45, 7) is 3.81. The third-order valence-corrected chi connectivity index (χ3v) is 6.10. The van der Waals surface area contributed by atoms with Crippen LogP contribution in [0.25, 0.3) is 22.0 Å². The molecule has 1 N–H and O–H groups in total. The summed E-state index contributed by atoms with van der Waals surface area (Å²) in [6.07, 6.45) is 0.136. The van der Waals surface area contributed by atoms with Gasteiger partial charge >= 0.3 is 0 Å². The van der Waals surface area contributed by atoms with Crippen molar-refractivity contribution >= 4 is 33.7 Å². The van der Waals surface area contributed by atoms with Gasteiger partial charge in [0.15, 0.2) is 5.13 Å². The lowest BCUT2D eigenvalue weighted by atomic mass is 10.1. The van der Waals surface area contributed by atoms with Gasteiger partial charge in [0.2, 0.25) is 11.8 Å². The first-order chi connectivity index (χ1) is 14.0. The minimum atomic E-state index is -0.172. The van der Waals surface area contributed by atoms with Gasteiger partial charge < -0.3 is 14.5 Å². The minimum Gasteiger partial charge on any atom is -0.497 e. The fraction of sp³-hybridized carbons (Fsp3) is 0.190. The van der Waals surface area contributed by atoms with E-state index < -0.39 is 0 Å². The van der Waals surface area contributed by atoms with E-state index in [4.69, 9.17) is 9.15 Å². The normalized spacial score (nSPS) is 10.9. The molecular weight excluding hydrogens is 406 g/mol. The van der Waals surface area contributed by atoms with Gasteiger partial charge in [-0.25, -0.2) is 9.97 Å². The van der Waals surface area contributed by atoms with Gasteiger partial charge in [-0.2, -0.15) is 0 Å². The van der Waals surface area contributed by atoms with Gasteiger partial charge in [0, 0.05) is 10.4 Å². The number of benzene rings is 1. The fourth-order valence-electron chi connectivity index (χ4n) is 2.88. The Labute approximate surface area is 176 Å². The van der Waals surface area contributed by atoms with Gasteiger partial charge in [-0.05, 0) is 49.6 Å². The Hall–Kier alpha value is -2.97. The Morgan fingerprint density at radius 3 is 2.66 bits per heavy atom. The number of ether oxygens (including phenoxy) is 1. The molecule has 1 amide bonds. The Balaban J connectivity index is 1.46. The van der Waals surface area contributed by atoms with Crippen LogP contribution in [0, 0.1) is 13.8 Å². The van der Waals surface area contributed by atoms with Crippen molar-refractivity contribution in [1.82, 2.24) is 9.97 Å². The average Bonchev–Trinajstić information content (AvgIpc) is 3.43. The zero-order valence-electron chi connectivity index (χ0n) is 16.2. The summed E-state index contributed by atoms with van der Waals surface area (Å²) in [6, 6.07) is 11.6. The predicted octanol–water partition coefficient (Wildman–Crippen LogP) is 5.33. The maximum absolute atomic E-state index is 12.5. The van der Waals surface area contributed by atoms with Crippen molar-refractivity contribution in [3.8, 4) is 27.8 Å². The summed E-state index contributed by atoms with van der Waals surface area (Å²) in [5.41, 5.74) is 2.47. The van der Waals surface area contributed by atoms with Crippen molar-refractivity contribution in [2.75, 3.05) is 12.4 Å². The molecule has 0 saturated carbocycles. The van der Waals surface area contributed by atoms with Crippen molar-refractivity contribution in [3.63, 3.8) is 0 Å². The average molecular weight is 426 g/mol. The van der Waals surface area contributed by atoms with E-state index in [-0.39, 0.29) is 12.3 Å². The number of hydrogen-bond acceptors (Lipinski definition) is 7. The third kappa shape index (κ3) is 4.23. The number of aryl methyl sites for hydroxylation is 2. The minimum absolute atomic E-state index is 0.136. The smallest absolute Gasteiger partial charge is 0.236 e. The van der Waals surface area contributed by atoms with E-state index in [2.05, 4.69) is 15.3 Å². The number of aromatic nitrogens is 2. The Bertz CT molecular complexity index is 1130. The van der Waals surface area contributed by atoms with Crippen molar-refractivity contribution in [2.24, 2.45) is 0 Å². The van der Waals surface area contributed by atoms with E-state index in [9.17, 15) is 4.79 Å². The second-order valence-corrected chi connectivity index (χ2v) is 8.53. The number of rotatable bonds is 6. The number of methoxy groups -OCH3 is 1. The SMILES string of the molecule is COc1ccc(-c2nc(NC(=O)Cc3nc(-c4cccs4)oc3C)sc2C)cc1. The molecule has 0 atom stereocenters. The summed E-state index contributed by atoms with van der Waals surface area (Å²) >= 11 is 3.00. The van der Waals surface area contributed by atoms with Crippen LogP contribution in [-0.4, -0.2) is 23.0 Å². The van der Waals surface area contributed by atoms with Crippen molar-refractivity contribution in [2.45, 2.75) is 20.3 Å². The number of nitrogens with one attached hydrogen (secondary N) is 1. The molecule has 4 aromatic rings. The van der Waals surface area contributed by atoms with Crippen LogP contribution in [0.5, 0.6) is 5.75 Å². The van der Waals surface area contributed by atoms with Crippen LogP contribution >= 0.6 is 22.7 Å². The second kappa shape index (κ2) is 8.18. The van der Waals surface area contributed by atoms with Gasteiger partial charge in [-0.15, -0.1) is 22.7 Å². The summed E-state index contributed by atoms with van der Waals surface area (Å²) in [4.78, 5) is 23.6. The standard InChI is InChI=1S/C21H19N3O3S2/c1-12-16(22-20(27-12)17-5-4-10-28-17)11-18(25)23-21-24-19(13(2)29-21)14-6-8-15(26-3)9-7-14/h4-10H,11H2,1-3H3,(H,23,24,25). The molecule has 0 aliphatic rings. The Morgan fingerprint density at radius 1 is 1.17 bits per heavy atom. The molecule has 0 radical (unpaired) electrons. The number of thiazole rings is 1. The molecule has 4 rings (SSSR count). The molecule has 0 aliphatic heterocycles. The number of hydrogen-bond donors (Lipinski definition) is 1. The third-order valence-electron chi connectivity index (χ3n) is 4.36. The molecule has 0 unspecified atom stereocenters. The highest BCUT2D eigenvalue weighted by Crippen LogP contribution is 2.31. The van der Waals surface area contributed by atoms with Crippen LogP contribution in [0.4, 0.5) is 5.13 Å². The maximum atomic E-state index is 12.5. The fourth-order valence-corrected chi connectivity index (χ4v) is 4.38. The molecule has 0 fully saturated rings. The van der Waals surface area contributed by atoms with E-state index in [0.29, 0.717) is 22.5 Å². The number of nitrogens with zero attached hydrogens (tertiary/aromatic N) is 2. The molecule has 6 nitrogen and oxygen atoms in total. The topological polar surface area (TPSA) is 77.2 Å². The number of oxazole rings is 1. The van der Waals surface area contributed by atoms with Crippen molar-refractivity contribution in [3.05, 3.63) is 58.1 Å². The zero-order chi connectivity index (χ0) is 20.4. The molecular formula is C21H19N3O3S2. The quantitative estimate of drug-likeness (QED) is 0.452. The number of thiophene rings is 1. The first-order valence-corrected chi connectivity index (χ1v) is 10.6. The molecule has 0 saturated heterocycles. The maximum Gasteiger partial charge on any atom is 0.236 e. The largest absolute Gasteiger partial charge is 0.497 e. The highest BCUT2D eigenvalue weighted by atomic mass is 32.1. The first kappa shape index (κ1) is 19.4. The molecule has 0 spiro atoms. The van der Waals surface area contributed by atoms with Crippen LogP contribution in [0.15, 0.2) is 46.2 Å². The van der Waals surface area contributed by atoms with Crippen molar-refractivity contribution < 1.29 is 13.9 Å². The lowest BCUT2D eigenvalue weighted by Gasteiger charge is -2.02. The van der Waals surface area contributed by atoms with Gasteiger partial charge in [0.1, 0.15) is 11.5 Å². The van der Waals surface area contributed by atoms with Gasteiger partial charge in [0.25, 0.3) is 0 Å². The van der Waals surface area contributed by atoms with E-state index >= 15 is 0 Å². The summed E-state index contributed by atoms with van der Waals surface area (Å²) < 4.78 is 10.9. The van der Waals surface area contributed by atoms with Gasteiger partial charge in [0.05, 0.1) is 29.8 Å². The molecule has 29 heavy (non-hydrogen) atoms. The lowest BCUT2D eigenvalue weighted by Crippen LogP contribution is -2.15. The Morgan fingerprint density at radius 2 is 1.97 bits per heavy atom. The molecule has 0 aliphatic carbocycles. The molecule has 148 valence electrons. The van der Waals surface area contributed by atoms with Crippen LogP contribution in [-0.2, 0) is 11.2 Å². The van der Waals surface area contributed by atoms with E-state index in [1.165, 1.54) is 11.3 Å². The van der Waals surface area contributed by atoms with Gasteiger partial charge in [-0.3, -0.25) is 4.79 Å². The number of anilines is 1. The van der Waals surface area contributed by atoms with E-state index in [1.54, 1.807) is 18.4 Å². The number of carbonyl (C=O) groups excluding carboxylic acids is 1. The van der Waals surface area contributed by atoms with Crippen LogP contribution in [0.1, 0.15) is 16.3 Å². The van der Waals surface area contributed by atoms with E-state index in [0.717, 1.165) is 26.8 Å². The first-order valence-electron chi connectivity index (χ1n) is 8.95. The highest BCUT2D eigenvalue weighted by Gasteiger charge is 2.17. The summed E-state index contributed by atoms with van der Waals surface area (Å²) in [7, 11) is 1.64. The Kier molecular flexibility index (Phi) is 5.46. The molecule has 3 aromatic heterocycles. The predicted molar refractivity (Wildman–Crippen MR) is 116 cm³/mol. The summed E-state index contributed by atoms with van der Waals surface area (Å²) in [5.74, 6) is 1.82. The van der Waals surface area contributed by atoms with Crippen LogP contribution in [0.3, 0.4) is 0 Å². The second-order valence-electron chi connectivity index (χ2n) is 6.38. The molecule has 1 aromatic carbocycles. The van der Waals surface area contributed by atoms with Crippen LogP contribution in [0.2, 0.25) is 0 Å². The zero-order valence-corrected chi connectivity index (χ0v) is 17.8. The molecule has 8 heteroatoms. The molecule has 3 heterocycles. The monoisotopic (exact) mass is 425 g/mol. The van der Waals surface area contributed by atoms with Crippen molar-refractivity contribution in [1.29, 1.82) is 0 Å². The lowest BCUT2D eigenvalue weighted by molar-refractivity contribution is -0.115. The van der Waals surface area contributed by atoms with E-state index in [1.807, 2.05) is 55.6 Å². The number of carbonyl (C=O) groups is 1. The van der Waals surface area contributed by atoms with Gasteiger partial charge in [-0.1, -0.05) is 6.07 Å². The summed E-state index contributed by atoms with van der Waals surface area (Å²) in [5, 5.41) is 5.41. The number of amides is 1. The highest BCUT2D eigenvalue weighted by molar-refractivity contribution is 7.16. The van der Waals surface area contributed by atoms with Crippen LogP contribution < -0.4 is 10.1 Å².